The number of ether oxygens (including phenoxy) is 2. The van der Waals surface area contributed by atoms with Crippen LogP contribution in [0.1, 0.15) is 44.1 Å². The average Bonchev–Trinajstić information content (AvgIpc) is 3.04. The van der Waals surface area contributed by atoms with E-state index in [1.807, 2.05) is 6.92 Å². The van der Waals surface area contributed by atoms with Crippen molar-refractivity contribution >= 4 is 28.9 Å². The molecular formula is C19H23F2NO5S. The second kappa shape index (κ2) is 9.09. The molecular weight excluding hydrogens is 392 g/mol. The monoisotopic (exact) mass is 415 g/mol. The summed E-state index contributed by atoms with van der Waals surface area (Å²) in [4.78, 5) is 25.1. The van der Waals surface area contributed by atoms with Crippen LogP contribution >= 0.6 is 0 Å². The summed E-state index contributed by atoms with van der Waals surface area (Å²) >= 11 is -0.929. The van der Waals surface area contributed by atoms with Crippen molar-refractivity contribution in [2.24, 2.45) is 0 Å². The minimum atomic E-state index is -1.12. The highest BCUT2D eigenvalue weighted by Gasteiger charge is 2.39. The van der Waals surface area contributed by atoms with Gasteiger partial charge in [-0.15, -0.1) is 0 Å². The average molecular weight is 415 g/mol. The molecule has 154 valence electrons. The molecule has 1 atom stereocenters. The summed E-state index contributed by atoms with van der Waals surface area (Å²) in [6.07, 6.45) is 0.489. The van der Waals surface area contributed by atoms with Crippen molar-refractivity contribution < 1.29 is 32.4 Å². The van der Waals surface area contributed by atoms with Crippen LogP contribution in [0.3, 0.4) is 0 Å². The third kappa shape index (κ3) is 4.57. The molecule has 0 aliphatic carbocycles. The van der Waals surface area contributed by atoms with E-state index in [0.717, 1.165) is 23.5 Å². The first-order valence-electron chi connectivity index (χ1n) is 9.39. The van der Waals surface area contributed by atoms with E-state index < -0.39 is 41.0 Å². The van der Waals surface area contributed by atoms with E-state index in [1.54, 1.807) is 0 Å². The van der Waals surface area contributed by atoms with E-state index in [9.17, 15) is 22.9 Å². The molecule has 2 saturated heterocycles. The van der Waals surface area contributed by atoms with Crippen LogP contribution in [0.4, 0.5) is 19.3 Å². The summed E-state index contributed by atoms with van der Waals surface area (Å²) in [6, 6.07) is 2.16. The van der Waals surface area contributed by atoms with Crippen molar-refractivity contribution in [3.05, 3.63) is 29.3 Å². The number of hydrogen-bond acceptors (Lipinski definition) is 5. The normalized spacial score (nSPS) is 24.9. The molecule has 2 aliphatic heterocycles. The van der Waals surface area contributed by atoms with E-state index in [1.165, 1.54) is 0 Å². The van der Waals surface area contributed by atoms with Gasteiger partial charge in [0.05, 0.1) is 18.8 Å². The molecule has 3 rings (SSSR count). The van der Waals surface area contributed by atoms with Crippen molar-refractivity contribution in [3.63, 3.8) is 0 Å². The fourth-order valence-electron chi connectivity index (χ4n) is 3.41. The summed E-state index contributed by atoms with van der Waals surface area (Å²) in [5, 5.41) is 0. The number of anilines is 1. The van der Waals surface area contributed by atoms with Gasteiger partial charge in [-0.1, -0.05) is 24.5 Å². The number of esters is 1. The molecule has 0 bridgehead atoms. The van der Waals surface area contributed by atoms with Crippen molar-refractivity contribution in [3.8, 4) is 0 Å². The van der Waals surface area contributed by atoms with Gasteiger partial charge in [0, 0.05) is 5.56 Å². The number of nitrogens with zero attached hydrogens (tertiary/aromatic N) is 1. The zero-order chi connectivity index (χ0) is 20.3. The van der Waals surface area contributed by atoms with Crippen molar-refractivity contribution in [2.45, 2.75) is 44.6 Å². The molecule has 0 N–H and O–H groups in total. The second-order valence-electron chi connectivity index (χ2n) is 6.95. The molecule has 0 aromatic heterocycles. The third-order valence-electron chi connectivity index (χ3n) is 4.99. The smallest absolute Gasteiger partial charge is 0.415 e. The molecule has 2 fully saturated rings. The van der Waals surface area contributed by atoms with E-state index in [2.05, 4.69) is 0 Å². The highest BCUT2D eigenvalue weighted by molar-refractivity contribution is 7.91. The zero-order valence-corrected chi connectivity index (χ0v) is 16.4. The molecule has 2 heterocycles. The van der Waals surface area contributed by atoms with Crippen LogP contribution in [0.2, 0.25) is 0 Å². The number of carbonyl (C=O) groups is 2. The number of carbonyl (C=O) groups excluding carboxylic acids is 2. The van der Waals surface area contributed by atoms with Crippen LogP contribution in [-0.2, 0) is 25.4 Å². The van der Waals surface area contributed by atoms with Gasteiger partial charge in [0.15, 0.2) is 0 Å². The Balaban J connectivity index is 1.72. The number of halogens is 2. The Bertz CT molecular complexity index is 716. The lowest BCUT2D eigenvalue weighted by molar-refractivity contribution is -0.151. The summed E-state index contributed by atoms with van der Waals surface area (Å²) < 4.78 is 50.8. The van der Waals surface area contributed by atoms with E-state index >= 15 is 0 Å². The molecule has 2 aliphatic rings. The molecule has 0 radical (unpaired) electrons. The van der Waals surface area contributed by atoms with Gasteiger partial charge in [-0.2, -0.15) is 0 Å². The molecule has 0 saturated carbocycles. The standard InChI is InChI=1S/C19H23F2NO5S/c1-2-3-6-26-18(23)16-11-22(19(24)27-16)13-9-14(20)17(15(21)10-13)12-4-7-28(25)8-5-12/h9-10,12,16H,2-8,11H2,1H3/t12-,16-,28+/m1/s1. The van der Waals surface area contributed by atoms with Crippen LogP contribution in [-0.4, -0.2) is 47.4 Å². The first kappa shape index (κ1) is 20.9. The Morgan fingerprint density at radius 2 is 1.96 bits per heavy atom. The maximum Gasteiger partial charge on any atom is 0.415 e. The van der Waals surface area contributed by atoms with Gasteiger partial charge in [-0.3, -0.25) is 4.90 Å². The summed E-state index contributed by atoms with van der Waals surface area (Å²) in [5.74, 6) is -1.67. The third-order valence-corrected chi connectivity index (χ3v) is 6.37. The largest absolute Gasteiger partial charge is 0.616 e. The number of benzene rings is 1. The van der Waals surface area contributed by atoms with E-state index in [-0.39, 0.29) is 30.3 Å². The highest BCUT2D eigenvalue weighted by atomic mass is 32.2. The first-order chi connectivity index (χ1) is 13.4. The van der Waals surface area contributed by atoms with Gasteiger partial charge in [-0.25, -0.2) is 18.4 Å². The molecule has 1 aromatic carbocycles. The molecule has 1 aromatic rings. The van der Waals surface area contributed by atoms with Crippen molar-refractivity contribution in [1.29, 1.82) is 0 Å². The predicted octanol–water partition coefficient (Wildman–Crippen LogP) is 3.26. The van der Waals surface area contributed by atoms with Crippen LogP contribution in [0, 0.1) is 11.6 Å². The molecule has 0 unspecified atom stereocenters. The minimum absolute atomic E-state index is 0.00741. The fourth-order valence-corrected chi connectivity index (χ4v) is 4.70. The van der Waals surface area contributed by atoms with Gasteiger partial charge in [0.2, 0.25) is 6.10 Å². The summed E-state index contributed by atoms with van der Waals surface area (Å²) in [6.45, 7) is 2.02. The number of hydrogen-bond donors (Lipinski definition) is 0. The second-order valence-corrected chi connectivity index (χ2v) is 8.65. The topological polar surface area (TPSA) is 78.9 Å². The molecule has 0 spiro atoms. The Hall–Kier alpha value is -1.87. The maximum absolute atomic E-state index is 14.6. The van der Waals surface area contributed by atoms with Crippen molar-refractivity contribution in [2.75, 3.05) is 29.6 Å². The lowest BCUT2D eigenvalue weighted by Gasteiger charge is -2.25. The molecule has 6 nitrogen and oxygen atoms in total. The fraction of sp³-hybridized carbons (Fsp3) is 0.579. The van der Waals surface area contributed by atoms with Gasteiger partial charge < -0.3 is 14.0 Å². The number of cyclic esters (lactones) is 1. The zero-order valence-electron chi connectivity index (χ0n) is 15.6. The first-order valence-corrected chi connectivity index (χ1v) is 10.9. The van der Waals surface area contributed by atoms with Crippen LogP contribution in [0.25, 0.3) is 0 Å². The van der Waals surface area contributed by atoms with Crippen LogP contribution in [0.15, 0.2) is 12.1 Å². The van der Waals surface area contributed by atoms with Crippen LogP contribution in [0.5, 0.6) is 0 Å². The Morgan fingerprint density at radius 3 is 2.57 bits per heavy atom. The van der Waals surface area contributed by atoms with Crippen molar-refractivity contribution in [1.82, 2.24) is 0 Å². The predicted molar refractivity (Wildman–Crippen MR) is 99.7 cm³/mol. The molecule has 1 amide bonds. The Labute approximate surface area is 165 Å². The quantitative estimate of drug-likeness (QED) is 0.405. The lowest BCUT2D eigenvalue weighted by atomic mass is 9.92. The lowest BCUT2D eigenvalue weighted by Crippen LogP contribution is -2.29. The Morgan fingerprint density at radius 1 is 1.32 bits per heavy atom. The number of rotatable bonds is 6. The Kier molecular flexibility index (Phi) is 6.77. The van der Waals surface area contributed by atoms with Gasteiger partial charge in [0.25, 0.3) is 0 Å². The van der Waals surface area contributed by atoms with Gasteiger partial charge in [0.1, 0.15) is 23.1 Å². The number of unbranched alkanes of at least 4 members (excludes halogenated alkanes) is 1. The minimum Gasteiger partial charge on any atom is -0.616 e. The molecule has 28 heavy (non-hydrogen) atoms. The van der Waals surface area contributed by atoms with E-state index in [4.69, 9.17) is 9.47 Å². The maximum atomic E-state index is 14.6. The summed E-state index contributed by atoms with van der Waals surface area (Å²) in [7, 11) is 0. The highest BCUT2D eigenvalue weighted by Crippen LogP contribution is 2.35. The number of amides is 1. The van der Waals surface area contributed by atoms with Gasteiger partial charge in [-0.05, 0) is 37.3 Å². The van der Waals surface area contributed by atoms with Gasteiger partial charge >= 0.3 is 12.1 Å². The van der Waals surface area contributed by atoms with Crippen LogP contribution < -0.4 is 4.90 Å². The molecule has 9 heteroatoms. The SMILES string of the molecule is CCCCOC(=O)[C@H]1CN(c2cc(F)c([C@H]3CC[S@@+]([O-])CC3)c(F)c2)C(=O)O1. The van der Waals surface area contributed by atoms with E-state index in [0.29, 0.717) is 30.8 Å². The summed E-state index contributed by atoms with van der Waals surface area (Å²) in [5.41, 5.74) is -0.0458.